The Morgan fingerprint density at radius 1 is 0.925 bits per heavy atom. The van der Waals surface area contributed by atoms with Crippen LogP contribution >= 0.6 is 0 Å². The Bertz CT molecular complexity index is 1530. The first-order valence-electron chi connectivity index (χ1n) is 12.4. The number of rotatable bonds is 11. The molecule has 11 nitrogen and oxygen atoms in total. The number of hydrogen-bond acceptors (Lipinski definition) is 9. The summed E-state index contributed by atoms with van der Waals surface area (Å²) in [4.78, 5) is 38.8. The molecule has 5 rings (SSSR count). The molecule has 0 unspecified atom stereocenters. The number of nitrogens with one attached hydrogen (secondary N) is 2. The third-order valence-corrected chi connectivity index (χ3v) is 6.28. The molecule has 1 aromatic carbocycles. The van der Waals surface area contributed by atoms with Gasteiger partial charge in [-0.05, 0) is 43.2 Å². The van der Waals surface area contributed by atoms with Gasteiger partial charge in [0.05, 0.1) is 31.1 Å². The van der Waals surface area contributed by atoms with Crippen molar-refractivity contribution in [1.82, 2.24) is 15.0 Å². The number of aromatic nitrogens is 3. The van der Waals surface area contributed by atoms with Crippen molar-refractivity contribution in [3.05, 3.63) is 66.7 Å². The summed E-state index contributed by atoms with van der Waals surface area (Å²) in [6.45, 7) is 0.729. The summed E-state index contributed by atoms with van der Waals surface area (Å²) < 4.78 is 35.2. The molecule has 2 amide bonds. The quantitative estimate of drug-likeness (QED) is 0.208. The minimum atomic E-state index is -1.18. The highest BCUT2D eigenvalue weighted by Crippen LogP contribution is 2.47. The average molecular weight is 548 g/mol. The summed E-state index contributed by atoms with van der Waals surface area (Å²) in [6, 6.07) is 11.9. The fraction of sp³-hybridized carbons (Fsp3) is 0.250. The molecule has 0 saturated heterocycles. The number of carbonyl (C=O) groups excluding carboxylic acids is 2. The summed E-state index contributed by atoms with van der Waals surface area (Å²) in [5.74, 6) is 0.0427. The number of ether oxygens (including phenoxy) is 4. The fourth-order valence-corrected chi connectivity index (χ4v) is 3.92. The maximum atomic E-state index is 13.1. The zero-order chi connectivity index (χ0) is 28.1. The lowest BCUT2D eigenvalue weighted by molar-refractivity contribution is -0.131. The third-order valence-electron chi connectivity index (χ3n) is 6.28. The molecular weight excluding hydrogens is 521 g/mol. The second-order valence-electron chi connectivity index (χ2n) is 9.00. The number of methoxy groups -OCH3 is 2. The molecule has 0 aliphatic heterocycles. The van der Waals surface area contributed by atoms with Gasteiger partial charge in [-0.1, -0.05) is 0 Å². The van der Waals surface area contributed by atoms with Crippen molar-refractivity contribution in [3.8, 4) is 23.3 Å². The number of carbonyl (C=O) groups is 2. The van der Waals surface area contributed by atoms with Gasteiger partial charge in [0.2, 0.25) is 17.7 Å². The Balaban J connectivity index is 1.26. The summed E-state index contributed by atoms with van der Waals surface area (Å²) in [6.07, 6.45) is 3.82. The number of hydrogen-bond donors (Lipinski definition) is 2. The van der Waals surface area contributed by atoms with Crippen molar-refractivity contribution in [2.75, 3.05) is 38.1 Å². The van der Waals surface area contributed by atoms with Crippen LogP contribution in [0.3, 0.4) is 0 Å². The van der Waals surface area contributed by atoms with Gasteiger partial charge in [0, 0.05) is 37.2 Å². The first kappa shape index (κ1) is 26.8. The van der Waals surface area contributed by atoms with E-state index < -0.39 is 23.0 Å². The molecule has 1 fully saturated rings. The Hall–Kier alpha value is -4.84. The van der Waals surface area contributed by atoms with Gasteiger partial charge in [-0.3, -0.25) is 14.6 Å². The van der Waals surface area contributed by atoms with Crippen molar-refractivity contribution >= 4 is 34.2 Å². The van der Waals surface area contributed by atoms with E-state index in [9.17, 15) is 14.0 Å². The van der Waals surface area contributed by atoms with Gasteiger partial charge in [0.25, 0.3) is 5.88 Å². The van der Waals surface area contributed by atoms with Crippen molar-refractivity contribution in [2.45, 2.75) is 12.8 Å². The highest BCUT2D eigenvalue weighted by Gasteiger charge is 2.56. The Kier molecular flexibility index (Phi) is 7.69. The molecule has 1 saturated carbocycles. The van der Waals surface area contributed by atoms with Gasteiger partial charge in [-0.25, -0.2) is 14.4 Å². The lowest BCUT2D eigenvalue weighted by Gasteiger charge is -2.15. The van der Waals surface area contributed by atoms with E-state index in [1.54, 1.807) is 37.6 Å². The van der Waals surface area contributed by atoms with Gasteiger partial charge in [-0.2, -0.15) is 0 Å². The van der Waals surface area contributed by atoms with Crippen molar-refractivity contribution in [2.24, 2.45) is 5.41 Å². The zero-order valence-electron chi connectivity index (χ0n) is 21.8. The summed E-state index contributed by atoms with van der Waals surface area (Å²) in [5.41, 5.74) is 0.606. The van der Waals surface area contributed by atoms with E-state index in [2.05, 4.69) is 25.6 Å². The Morgan fingerprint density at radius 2 is 1.65 bits per heavy atom. The first-order valence-corrected chi connectivity index (χ1v) is 12.4. The number of amides is 2. The number of halogens is 1. The predicted molar refractivity (Wildman–Crippen MR) is 143 cm³/mol. The molecule has 4 aromatic rings. The van der Waals surface area contributed by atoms with E-state index in [0.29, 0.717) is 60.0 Å². The van der Waals surface area contributed by atoms with Crippen LogP contribution in [0.2, 0.25) is 0 Å². The largest absolute Gasteiger partial charge is 0.485 e. The smallest absolute Gasteiger partial charge is 0.257 e. The molecule has 12 heteroatoms. The topological polar surface area (TPSA) is 134 Å². The lowest BCUT2D eigenvalue weighted by Crippen LogP contribution is -2.35. The van der Waals surface area contributed by atoms with Crippen molar-refractivity contribution in [1.29, 1.82) is 0 Å². The number of pyridine rings is 3. The van der Waals surface area contributed by atoms with Crippen LogP contribution < -0.4 is 24.8 Å². The van der Waals surface area contributed by atoms with Crippen LogP contribution in [-0.4, -0.2) is 54.2 Å². The van der Waals surface area contributed by atoms with E-state index in [4.69, 9.17) is 18.9 Å². The summed E-state index contributed by atoms with van der Waals surface area (Å²) in [7, 11) is 3.07. The number of nitrogens with zero attached hydrogens (tertiary/aromatic N) is 3. The maximum absolute atomic E-state index is 13.1. The highest BCUT2D eigenvalue weighted by atomic mass is 19.1. The van der Waals surface area contributed by atoms with Crippen LogP contribution in [0.4, 0.5) is 15.8 Å². The van der Waals surface area contributed by atoms with Crippen LogP contribution in [0.5, 0.6) is 23.3 Å². The molecule has 1 aliphatic rings. The van der Waals surface area contributed by atoms with Gasteiger partial charge in [-0.15, -0.1) is 0 Å². The molecule has 3 aromatic heterocycles. The third kappa shape index (κ3) is 5.76. The molecule has 0 spiro atoms. The normalized spacial score (nSPS) is 13.4. The van der Waals surface area contributed by atoms with Crippen LogP contribution in [0, 0.1) is 11.2 Å². The van der Waals surface area contributed by atoms with Crippen LogP contribution in [0.1, 0.15) is 12.8 Å². The standard InChI is InChI=1S/C28H26FN5O6/c1-37-13-14-39-22-15-20-24(34-25(22)38-2)21(9-12-30-20)40-23-8-7-19(16-31-23)33-27(36)28(10-11-28)26(35)32-18-5-3-17(29)4-6-18/h3-9,12,15-16H,10-11,13-14H2,1-2H3,(H,32,35)(H,33,36). The molecule has 0 atom stereocenters. The zero-order valence-corrected chi connectivity index (χ0v) is 21.8. The maximum Gasteiger partial charge on any atom is 0.257 e. The van der Waals surface area contributed by atoms with Crippen LogP contribution in [0.25, 0.3) is 11.0 Å². The minimum Gasteiger partial charge on any atom is -0.485 e. The molecule has 2 N–H and O–H groups in total. The summed E-state index contributed by atoms with van der Waals surface area (Å²) in [5, 5.41) is 5.42. The number of benzene rings is 1. The SMILES string of the molecule is COCCOc1cc2nccc(Oc3ccc(NC(=O)C4(C(=O)Nc5ccc(F)cc5)CC4)cn3)c2nc1OC. The van der Waals surface area contributed by atoms with Crippen LogP contribution in [-0.2, 0) is 14.3 Å². The molecule has 0 bridgehead atoms. The number of anilines is 2. The predicted octanol–water partition coefficient (Wildman–Crippen LogP) is 4.35. The van der Waals surface area contributed by atoms with Crippen molar-refractivity contribution in [3.63, 3.8) is 0 Å². The van der Waals surface area contributed by atoms with Gasteiger partial charge >= 0.3 is 0 Å². The first-order chi connectivity index (χ1) is 19.4. The lowest BCUT2D eigenvalue weighted by atomic mass is 10.0. The Morgan fingerprint density at radius 3 is 2.30 bits per heavy atom. The highest BCUT2D eigenvalue weighted by molar-refractivity contribution is 6.16. The molecule has 0 radical (unpaired) electrons. The second kappa shape index (κ2) is 11.5. The van der Waals surface area contributed by atoms with Gasteiger partial charge < -0.3 is 29.6 Å². The fourth-order valence-electron chi connectivity index (χ4n) is 3.92. The summed E-state index contributed by atoms with van der Waals surface area (Å²) >= 11 is 0. The van der Waals surface area contributed by atoms with Gasteiger partial charge in [0.15, 0.2) is 11.5 Å². The van der Waals surface area contributed by atoms with Crippen molar-refractivity contribution < 1.29 is 32.9 Å². The molecule has 3 heterocycles. The average Bonchev–Trinajstić information content (AvgIpc) is 3.78. The van der Waals surface area contributed by atoms with E-state index in [-0.39, 0.29) is 11.8 Å². The second-order valence-corrected chi connectivity index (χ2v) is 9.00. The molecule has 1 aliphatic carbocycles. The Labute approximate surface area is 228 Å². The molecule has 206 valence electrons. The number of fused-ring (bicyclic) bond motifs is 1. The van der Waals surface area contributed by atoms with E-state index in [1.807, 2.05) is 0 Å². The minimum absolute atomic E-state index is 0.252. The molecule has 40 heavy (non-hydrogen) atoms. The van der Waals surface area contributed by atoms with E-state index in [0.717, 1.165) is 0 Å². The van der Waals surface area contributed by atoms with Gasteiger partial charge in [0.1, 0.15) is 23.4 Å². The molecular formula is C28H26FN5O6. The van der Waals surface area contributed by atoms with E-state index >= 15 is 0 Å². The van der Waals surface area contributed by atoms with E-state index in [1.165, 1.54) is 37.6 Å². The monoisotopic (exact) mass is 547 g/mol. The van der Waals surface area contributed by atoms with Crippen LogP contribution in [0.15, 0.2) is 60.9 Å².